The fourth-order valence-corrected chi connectivity index (χ4v) is 5.54. The van der Waals surface area contributed by atoms with Crippen molar-refractivity contribution in [2.24, 2.45) is 23.7 Å². The Morgan fingerprint density at radius 3 is 2.09 bits per heavy atom. The summed E-state index contributed by atoms with van der Waals surface area (Å²) in [4.78, 5) is 38.4. The number of ketones is 3. The normalized spacial score (nSPS) is 35.8. The Morgan fingerprint density at radius 1 is 0.870 bits per heavy atom. The zero-order chi connectivity index (χ0) is 16.5. The zero-order valence-electron chi connectivity index (χ0n) is 13.9. The van der Waals surface area contributed by atoms with Crippen LogP contribution in [0.15, 0.2) is 12.1 Å². The van der Waals surface area contributed by atoms with Gasteiger partial charge in [-0.2, -0.15) is 0 Å². The van der Waals surface area contributed by atoms with E-state index >= 15 is 0 Å². The first-order valence-corrected chi connectivity index (χ1v) is 8.58. The van der Waals surface area contributed by atoms with Gasteiger partial charge in [0, 0.05) is 24.2 Å². The van der Waals surface area contributed by atoms with Gasteiger partial charge in [0.25, 0.3) is 0 Å². The van der Waals surface area contributed by atoms with Crippen molar-refractivity contribution in [2.75, 3.05) is 0 Å². The summed E-state index contributed by atoms with van der Waals surface area (Å²) in [5.41, 5.74) is 4.08. The molecule has 23 heavy (non-hydrogen) atoms. The molecule has 3 heteroatoms. The van der Waals surface area contributed by atoms with Gasteiger partial charge in [-0.1, -0.05) is 17.7 Å². The fraction of sp³-hybridized carbons (Fsp3) is 0.550. The SMILES string of the molecule is Cc1cc(C)c(C2C(=O)C3C4CCC(C(=O)C4)C3C2=O)c(C)c1. The number of Topliss-reactive ketones (excluding diaryl/α,β-unsaturated/α-hetero) is 3. The van der Waals surface area contributed by atoms with Crippen LogP contribution in [0.4, 0.5) is 0 Å². The van der Waals surface area contributed by atoms with Crippen molar-refractivity contribution in [3.05, 3.63) is 34.4 Å². The van der Waals surface area contributed by atoms with Gasteiger partial charge in [-0.3, -0.25) is 14.4 Å². The highest BCUT2D eigenvalue weighted by molar-refractivity contribution is 6.18. The molecule has 4 aliphatic carbocycles. The number of benzene rings is 1. The third-order valence-electron chi connectivity index (χ3n) is 6.31. The molecule has 0 heterocycles. The van der Waals surface area contributed by atoms with Crippen LogP contribution in [0, 0.1) is 44.4 Å². The molecule has 2 bridgehead atoms. The highest BCUT2D eigenvalue weighted by Gasteiger charge is 2.61. The van der Waals surface area contributed by atoms with Crippen LogP contribution < -0.4 is 0 Å². The first-order chi connectivity index (χ1) is 10.9. The Morgan fingerprint density at radius 2 is 1.48 bits per heavy atom. The van der Waals surface area contributed by atoms with Gasteiger partial charge in [0.15, 0.2) is 11.6 Å². The van der Waals surface area contributed by atoms with Crippen molar-refractivity contribution in [3.8, 4) is 0 Å². The van der Waals surface area contributed by atoms with Gasteiger partial charge in [-0.05, 0) is 56.2 Å². The summed E-state index contributed by atoms with van der Waals surface area (Å²) >= 11 is 0. The van der Waals surface area contributed by atoms with Gasteiger partial charge in [0.1, 0.15) is 11.7 Å². The lowest BCUT2D eigenvalue weighted by molar-refractivity contribution is -0.143. The molecule has 3 nitrogen and oxygen atoms in total. The number of rotatable bonds is 1. The molecule has 1 aromatic carbocycles. The Bertz CT molecular complexity index is 722. The molecule has 4 fully saturated rings. The Hall–Kier alpha value is -1.77. The first kappa shape index (κ1) is 14.8. The maximum absolute atomic E-state index is 13.1. The number of hydrogen-bond donors (Lipinski definition) is 0. The largest absolute Gasteiger partial charge is 0.299 e. The molecule has 0 radical (unpaired) electrons. The van der Waals surface area contributed by atoms with E-state index in [2.05, 4.69) is 0 Å². The van der Waals surface area contributed by atoms with Crippen molar-refractivity contribution in [1.82, 2.24) is 0 Å². The molecule has 5 atom stereocenters. The van der Waals surface area contributed by atoms with E-state index in [0.29, 0.717) is 6.42 Å². The maximum Gasteiger partial charge on any atom is 0.152 e. The number of aryl methyl sites for hydroxylation is 3. The summed E-state index contributed by atoms with van der Waals surface area (Å²) in [7, 11) is 0. The molecule has 1 aromatic rings. The molecular formula is C20H22O3. The maximum atomic E-state index is 13.1. The van der Waals surface area contributed by atoms with Crippen molar-refractivity contribution >= 4 is 17.3 Å². The molecule has 0 N–H and O–H groups in total. The monoisotopic (exact) mass is 310 g/mol. The zero-order valence-corrected chi connectivity index (χ0v) is 13.9. The highest BCUT2D eigenvalue weighted by atomic mass is 16.2. The second kappa shape index (κ2) is 4.86. The molecule has 0 aromatic heterocycles. The molecule has 0 aliphatic heterocycles. The lowest BCUT2D eigenvalue weighted by Crippen LogP contribution is -2.46. The second-order valence-corrected chi connectivity index (χ2v) is 7.72. The molecule has 0 saturated heterocycles. The topological polar surface area (TPSA) is 51.2 Å². The van der Waals surface area contributed by atoms with E-state index in [1.165, 1.54) is 0 Å². The predicted molar refractivity (Wildman–Crippen MR) is 86.2 cm³/mol. The summed E-state index contributed by atoms with van der Waals surface area (Å²) in [6.07, 6.45) is 2.22. The third kappa shape index (κ3) is 1.92. The van der Waals surface area contributed by atoms with E-state index < -0.39 is 5.92 Å². The van der Waals surface area contributed by atoms with Crippen LogP contribution in [0.25, 0.3) is 0 Å². The van der Waals surface area contributed by atoms with Crippen molar-refractivity contribution in [1.29, 1.82) is 0 Å². The number of fused-ring (bicyclic) bond motifs is 2. The van der Waals surface area contributed by atoms with Crippen molar-refractivity contribution in [3.63, 3.8) is 0 Å². The lowest BCUT2D eigenvalue weighted by Gasteiger charge is -2.42. The molecule has 5 unspecified atom stereocenters. The van der Waals surface area contributed by atoms with Gasteiger partial charge >= 0.3 is 0 Å². The first-order valence-electron chi connectivity index (χ1n) is 8.58. The quantitative estimate of drug-likeness (QED) is 0.749. The molecule has 0 amide bonds. The standard InChI is InChI=1S/C20H22O3/c1-9-6-10(2)15(11(3)7-9)18-19(22)16-12-4-5-13(14(21)8-12)17(16)20(18)23/h6-7,12-13,16-18H,4-5,8H2,1-3H3. The second-order valence-electron chi connectivity index (χ2n) is 7.72. The fourth-order valence-electron chi connectivity index (χ4n) is 5.54. The summed E-state index contributed by atoms with van der Waals surface area (Å²) in [6.45, 7) is 6.00. The van der Waals surface area contributed by atoms with Crippen LogP contribution in [-0.2, 0) is 14.4 Å². The van der Waals surface area contributed by atoms with E-state index in [9.17, 15) is 14.4 Å². The van der Waals surface area contributed by atoms with Crippen LogP contribution in [0.3, 0.4) is 0 Å². The van der Waals surface area contributed by atoms with Gasteiger partial charge < -0.3 is 0 Å². The van der Waals surface area contributed by atoms with E-state index in [1.807, 2.05) is 32.9 Å². The van der Waals surface area contributed by atoms with Gasteiger partial charge in [0.05, 0.1) is 0 Å². The minimum atomic E-state index is -0.639. The summed E-state index contributed by atoms with van der Waals surface area (Å²) in [6, 6.07) is 4.09. The van der Waals surface area contributed by atoms with Crippen molar-refractivity contribution in [2.45, 2.75) is 46.0 Å². The van der Waals surface area contributed by atoms with Crippen LogP contribution >= 0.6 is 0 Å². The molecule has 4 aliphatic rings. The molecule has 120 valence electrons. The molecular weight excluding hydrogens is 288 g/mol. The summed E-state index contributed by atoms with van der Waals surface area (Å²) in [5.74, 6) is -0.976. The average molecular weight is 310 g/mol. The van der Waals surface area contributed by atoms with Gasteiger partial charge in [-0.15, -0.1) is 0 Å². The highest BCUT2D eigenvalue weighted by Crippen LogP contribution is 2.55. The van der Waals surface area contributed by atoms with Crippen LogP contribution in [0.2, 0.25) is 0 Å². The number of hydrogen-bond acceptors (Lipinski definition) is 3. The Labute approximate surface area is 136 Å². The van der Waals surface area contributed by atoms with E-state index in [1.54, 1.807) is 0 Å². The number of carbonyl (C=O) groups excluding carboxylic acids is 3. The van der Waals surface area contributed by atoms with Crippen LogP contribution in [0.1, 0.15) is 47.4 Å². The minimum Gasteiger partial charge on any atom is -0.299 e. The average Bonchev–Trinajstić information content (AvgIpc) is 2.74. The Kier molecular flexibility index (Phi) is 3.13. The lowest BCUT2D eigenvalue weighted by atomic mass is 9.59. The van der Waals surface area contributed by atoms with Gasteiger partial charge in [0.2, 0.25) is 0 Å². The predicted octanol–water partition coefficient (Wildman–Crippen LogP) is 3.08. The van der Waals surface area contributed by atoms with Gasteiger partial charge in [-0.25, -0.2) is 0 Å². The molecule has 5 rings (SSSR count). The smallest absolute Gasteiger partial charge is 0.152 e. The van der Waals surface area contributed by atoms with Crippen LogP contribution in [0.5, 0.6) is 0 Å². The Balaban J connectivity index is 1.82. The van der Waals surface area contributed by atoms with Crippen LogP contribution in [-0.4, -0.2) is 17.3 Å². The van der Waals surface area contributed by atoms with Crippen molar-refractivity contribution < 1.29 is 14.4 Å². The minimum absolute atomic E-state index is 0.0119. The summed E-state index contributed by atoms with van der Waals surface area (Å²) < 4.78 is 0. The summed E-state index contributed by atoms with van der Waals surface area (Å²) in [5, 5.41) is 0. The van der Waals surface area contributed by atoms with E-state index in [0.717, 1.165) is 35.1 Å². The third-order valence-corrected chi connectivity index (χ3v) is 6.31. The molecule has 4 saturated carbocycles. The number of carbonyl (C=O) groups is 3. The van der Waals surface area contributed by atoms with E-state index in [4.69, 9.17) is 0 Å². The molecule has 0 spiro atoms. The van der Waals surface area contributed by atoms with E-state index in [-0.39, 0.29) is 41.0 Å².